The van der Waals surface area contributed by atoms with Crippen molar-refractivity contribution in [3.05, 3.63) is 71.0 Å². The molecule has 4 aromatic rings. The van der Waals surface area contributed by atoms with Gasteiger partial charge in [0.15, 0.2) is 0 Å². The van der Waals surface area contributed by atoms with Crippen molar-refractivity contribution in [3.8, 4) is 34.2 Å². The van der Waals surface area contributed by atoms with Crippen LogP contribution in [0.25, 0.3) is 34.2 Å². The Bertz CT molecular complexity index is 1130. The molecule has 0 aliphatic carbocycles. The van der Waals surface area contributed by atoms with E-state index in [-0.39, 0.29) is 0 Å². The van der Waals surface area contributed by atoms with E-state index in [4.69, 9.17) is 0 Å². The van der Waals surface area contributed by atoms with E-state index >= 15 is 0 Å². The normalized spacial score (nSPS) is 10.9. The van der Waals surface area contributed by atoms with E-state index in [0.717, 1.165) is 46.1 Å². The van der Waals surface area contributed by atoms with E-state index in [9.17, 15) is 0 Å². The molecule has 29 heavy (non-hydrogen) atoms. The van der Waals surface area contributed by atoms with Crippen molar-refractivity contribution in [2.75, 3.05) is 0 Å². The van der Waals surface area contributed by atoms with Crippen LogP contribution < -0.4 is 0 Å². The largest absolute Gasteiger partial charge is 0.251 e. The van der Waals surface area contributed by atoms with Gasteiger partial charge in [-0.2, -0.15) is 0 Å². The predicted molar refractivity (Wildman–Crippen MR) is 113 cm³/mol. The minimum Gasteiger partial charge on any atom is -0.251 e. The highest BCUT2D eigenvalue weighted by atomic mass is 15.2. The zero-order chi connectivity index (χ0) is 20.4. The SMILES string of the molecule is CCc1cc(C)nc(-c2ccc(-c3ccc(-c4cc(C)cc(C)n4)nn3)nn2)c1. The van der Waals surface area contributed by atoms with Gasteiger partial charge < -0.3 is 0 Å². The second kappa shape index (κ2) is 7.83. The summed E-state index contributed by atoms with van der Waals surface area (Å²) in [4.78, 5) is 9.11. The number of aromatic nitrogens is 6. The second-order valence-electron chi connectivity index (χ2n) is 7.13. The molecule has 6 nitrogen and oxygen atoms in total. The molecule has 0 radical (unpaired) electrons. The van der Waals surface area contributed by atoms with E-state index in [1.54, 1.807) is 0 Å². The molecule has 0 aliphatic heterocycles. The van der Waals surface area contributed by atoms with Crippen LogP contribution in [0.1, 0.15) is 29.4 Å². The molecule has 0 saturated carbocycles. The second-order valence-corrected chi connectivity index (χ2v) is 7.13. The van der Waals surface area contributed by atoms with Gasteiger partial charge in [-0.05, 0) is 86.8 Å². The Morgan fingerprint density at radius 1 is 0.552 bits per heavy atom. The third-order valence-corrected chi connectivity index (χ3v) is 4.64. The number of nitrogens with zero attached hydrogens (tertiary/aromatic N) is 6. The van der Waals surface area contributed by atoms with E-state index < -0.39 is 0 Å². The number of hydrogen-bond acceptors (Lipinski definition) is 6. The molecular formula is C23H22N6. The van der Waals surface area contributed by atoms with Crippen molar-refractivity contribution >= 4 is 0 Å². The van der Waals surface area contributed by atoms with Gasteiger partial charge in [-0.15, -0.1) is 20.4 Å². The highest BCUT2D eigenvalue weighted by molar-refractivity contribution is 5.62. The maximum absolute atomic E-state index is 4.58. The molecule has 4 aromatic heterocycles. The van der Waals surface area contributed by atoms with Gasteiger partial charge in [0.1, 0.15) is 22.8 Å². The maximum Gasteiger partial charge on any atom is 0.113 e. The predicted octanol–water partition coefficient (Wildman–Crippen LogP) is 4.55. The van der Waals surface area contributed by atoms with Crippen molar-refractivity contribution in [2.45, 2.75) is 34.1 Å². The third-order valence-electron chi connectivity index (χ3n) is 4.64. The van der Waals surface area contributed by atoms with Crippen LogP contribution in [-0.4, -0.2) is 30.4 Å². The summed E-state index contributed by atoms with van der Waals surface area (Å²) in [6.07, 6.45) is 0.957. The number of rotatable bonds is 4. The minimum absolute atomic E-state index is 0.670. The Labute approximate surface area is 170 Å². The molecular weight excluding hydrogens is 360 g/mol. The standard InChI is InChI=1S/C23H22N6/c1-5-17-12-16(4)25-23(13-17)21-9-7-19(27-29-21)18-6-8-20(28-26-18)22-11-14(2)10-15(3)24-22/h6-13H,5H2,1-4H3. The first-order valence-electron chi connectivity index (χ1n) is 9.63. The molecule has 0 unspecified atom stereocenters. The van der Waals surface area contributed by atoms with Gasteiger partial charge in [-0.1, -0.05) is 6.92 Å². The molecule has 0 N–H and O–H groups in total. The summed E-state index contributed by atoms with van der Waals surface area (Å²) >= 11 is 0. The summed E-state index contributed by atoms with van der Waals surface area (Å²) in [5.74, 6) is 0. The highest BCUT2D eigenvalue weighted by Crippen LogP contribution is 2.21. The van der Waals surface area contributed by atoms with E-state index in [1.165, 1.54) is 5.56 Å². The van der Waals surface area contributed by atoms with Crippen LogP contribution >= 0.6 is 0 Å². The first-order chi connectivity index (χ1) is 14.0. The molecule has 0 spiro atoms. The molecule has 144 valence electrons. The Morgan fingerprint density at radius 3 is 1.45 bits per heavy atom. The Balaban J connectivity index is 1.60. The third kappa shape index (κ3) is 4.16. The van der Waals surface area contributed by atoms with Gasteiger partial charge in [-0.3, -0.25) is 9.97 Å². The maximum atomic E-state index is 4.58. The first kappa shape index (κ1) is 18.8. The lowest BCUT2D eigenvalue weighted by molar-refractivity contribution is 0.984. The molecule has 0 aliphatic rings. The summed E-state index contributed by atoms with van der Waals surface area (Å²) in [6, 6.07) is 15.8. The zero-order valence-electron chi connectivity index (χ0n) is 17.0. The van der Waals surface area contributed by atoms with Gasteiger partial charge in [0.2, 0.25) is 0 Å². The topological polar surface area (TPSA) is 77.3 Å². The fourth-order valence-electron chi connectivity index (χ4n) is 3.26. The molecule has 0 saturated heterocycles. The average Bonchev–Trinajstić information content (AvgIpc) is 2.73. The van der Waals surface area contributed by atoms with Gasteiger partial charge in [0, 0.05) is 11.4 Å². The number of hydrogen-bond donors (Lipinski definition) is 0. The van der Waals surface area contributed by atoms with Crippen molar-refractivity contribution in [3.63, 3.8) is 0 Å². The van der Waals surface area contributed by atoms with Gasteiger partial charge >= 0.3 is 0 Å². The van der Waals surface area contributed by atoms with E-state index in [0.29, 0.717) is 11.4 Å². The van der Waals surface area contributed by atoms with Gasteiger partial charge in [-0.25, -0.2) is 0 Å². The molecule has 0 atom stereocenters. The molecule has 0 aromatic carbocycles. The van der Waals surface area contributed by atoms with Crippen molar-refractivity contribution in [1.82, 2.24) is 30.4 Å². The van der Waals surface area contributed by atoms with Crippen LogP contribution in [0.2, 0.25) is 0 Å². The summed E-state index contributed by atoms with van der Waals surface area (Å²) in [5, 5.41) is 17.3. The molecule has 0 fully saturated rings. The summed E-state index contributed by atoms with van der Waals surface area (Å²) in [6.45, 7) is 8.14. The van der Waals surface area contributed by atoms with Crippen LogP contribution in [0.15, 0.2) is 48.5 Å². The van der Waals surface area contributed by atoms with Crippen molar-refractivity contribution in [2.24, 2.45) is 0 Å². The zero-order valence-corrected chi connectivity index (χ0v) is 17.0. The highest BCUT2D eigenvalue weighted by Gasteiger charge is 2.09. The Kier molecular flexibility index (Phi) is 5.08. The molecule has 6 heteroatoms. The monoisotopic (exact) mass is 382 g/mol. The first-order valence-corrected chi connectivity index (χ1v) is 9.63. The van der Waals surface area contributed by atoms with Crippen LogP contribution in [0, 0.1) is 20.8 Å². The fraction of sp³-hybridized carbons (Fsp3) is 0.217. The molecule has 0 bridgehead atoms. The van der Waals surface area contributed by atoms with Crippen LogP contribution in [0.4, 0.5) is 0 Å². The number of pyridine rings is 2. The molecule has 4 heterocycles. The van der Waals surface area contributed by atoms with E-state index in [2.05, 4.69) is 49.4 Å². The average molecular weight is 382 g/mol. The lowest BCUT2D eigenvalue weighted by Gasteiger charge is -2.06. The van der Waals surface area contributed by atoms with Gasteiger partial charge in [0.05, 0.1) is 11.4 Å². The lowest BCUT2D eigenvalue weighted by Crippen LogP contribution is -1.98. The van der Waals surface area contributed by atoms with E-state index in [1.807, 2.05) is 57.2 Å². The smallest absolute Gasteiger partial charge is 0.113 e. The Hall–Kier alpha value is -3.54. The summed E-state index contributed by atoms with van der Waals surface area (Å²) in [7, 11) is 0. The van der Waals surface area contributed by atoms with Crippen molar-refractivity contribution in [1.29, 1.82) is 0 Å². The minimum atomic E-state index is 0.670. The summed E-state index contributed by atoms with van der Waals surface area (Å²) < 4.78 is 0. The van der Waals surface area contributed by atoms with Crippen LogP contribution in [-0.2, 0) is 6.42 Å². The quantitative estimate of drug-likeness (QED) is 0.515. The molecule has 4 rings (SSSR count). The Morgan fingerprint density at radius 2 is 1.00 bits per heavy atom. The summed E-state index contributed by atoms with van der Waals surface area (Å²) in [5.41, 5.74) is 8.81. The van der Waals surface area contributed by atoms with Crippen LogP contribution in [0.5, 0.6) is 0 Å². The molecule has 0 amide bonds. The lowest BCUT2D eigenvalue weighted by atomic mass is 10.1. The van der Waals surface area contributed by atoms with Gasteiger partial charge in [0.25, 0.3) is 0 Å². The fourth-order valence-corrected chi connectivity index (χ4v) is 3.26. The van der Waals surface area contributed by atoms with Crippen LogP contribution in [0.3, 0.4) is 0 Å². The van der Waals surface area contributed by atoms with Crippen molar-refractivity contribution < 1.29 is 0 Å². The number of aryl methyl sites for hydroxylation is 4.